The Labute approximate surface area is 157 Å². The number of aryl methyl sites for hydroxylation is 1. The number of hydrogen-bond donors (Lipinski definition) is 2. The van der Waals surface area contributed by atoms with Crippen molar-refractivity contribution >= 4 is 31.9 Å². The summed E-state index contributed by atoms with van der Waals surface area (Å²) in [6.07, 6.45) is 2.18. The van der Waals surface area contributed by atoms with E-state index in [1.165, 1.54) is 12.1 Å². The molecule has 26 heavy (non-hydrogen) atoms. The van der Waals surface area contributed by atoms with Gasteiger partial charge in [-0.05, 0) is 70.6 Å². The molecule has 1 atom stereocenters. The topological polar surface area (TPSA) is 89.3 Å². The van der Waals surface area contributed by atoms with Gasteiger partial charge in [0.25, 0.3) is 5.91 Å². The van der Waals surface area contributed by atoms with Crippen LogP contribution in [0, 0.1) is 11.6 Å². The lowest BCUT2D eigenvalue weighted by molar-refractivity contribution is 0.0931. The first kappa shape index (κ1) is 18.9. The molecule has 0 fully saturated rings. The minimum Gasteiger partial charge on any atom is -0.345 e. The van der Waals surface area contributed by atoms with Crippen molar-refractivity contribution in [1.82, 2.24) is 5.32 Å². The Hall–Kier alpha value is -1.84. The molecule has 0 saturated heterocycles. The number of fused-ring (bicyclic) bond motifs is 1. The number of nitrogens with one attached hydrogen (secondary N) is 1. The molecule has 5 nitrogen and oxygen atoms in total. The Balaban J connectivity index is 1.96. The number of nitrogens with two attached hydrogens (primary N) is 1. The molecule has 1 amide bonds. The Kier molecular flexibility index (Phi) is 5.14. The van der Waals surface area contributed by atoms with Gasteiger partial charge in [0.1, 0.15) is 11.6 Å². The number of rotatable bonds is 3. The lowest BCUT2D eigenvalue weighted by Gasteiger charge is -2.26. The van der Waals surface area contributed by atoms with Crippen molar-refractivity contribution < 1.29 is 22.0 Å². The second kappa shape index (κ2) is 7.05. The lowest BCUT2D eigenvalue weighted by atomic mass is 9.87. The quantitative estimate of drug-likeness (QED) is 0.761. The zero-order chi connectivity index (χ0) is 19.1. The van der Waals surface area contributed by atoms with Gasteiger partial charge < -0.3 is 5.32 Å². The third kappa shape index (κ3) is 3.79. The van der Waals surface area contributed by atoms with Crippen molar-refractivity contribution in [1.29, 1.82) is 0 Å². The third-order valence-electron chi connectivity index (χ3n) is 4.28. The number of carbonyl (C=O) groups excluding carboxylic acids is 1. The summed E-state index contributed by atoms with van der Waals surface area (Å²) in [6.45, 7) is 0. The minimum absolute atomic E-state index is 0.117. The molecule has 0 radical (unpaired) electrons. The molecule has 0 aromatic heterocycles. The Morgan fingerprint density at radius 3 is 2.62 bits per heavy atom. The molecule has 2 aromatic carbocycles. The lowest BCUT2D eigenvalue weighted by Crippen LogP contribution is -2.31. The highest BCUT2D eigenvalue weighted by molar-refractivity contribution is 9.10. The van der Waals surface area contributed by atoms with E-state index < -0.39 is 38.5 Å². The standard InChI is InChI=1S/C17H15BrF2N2O3S/c18-16-13(7-11(20)8-15(16)26(21,24)25)17(23)22-14-3-1-2-9-4-5-10(19)6-12(9)14/h4-8,14H,1-3H2,(H,22,23)(H2,21,24,25)/t14-/m0/s1. The predicted molar refractivity (Wildman–Crippen MR) is 95.0 cm³/mol. The average molecular weight is 445 g/mol. The second-order valence-corrected chi connectivity index (χ2v) is 8.39. The Morgan fingerprint density at radius 2 is 1.92 bits per heavy atom. The fourth-order valence-corrected chi connectivity index (χ4v) is 4.81. The van der Waals surface area contributed by atoms with E-state index in [2.05, 4.69) is 21.2 Å². The van der Waals surface area contributed by atoms with Crippen molar-refractivity contribution in [3.63, 3.8) is 0 Å². The molecule has 1 aliphatic rings. The number of benzene rings is 2. The van der Waals surface area contributed by atoms with E-state index in [0.29, 0.717) is 12.0 Å². The maximum absolute atomic E-state index is 13.8. The van der Waals surface area contributed by atoms with Crippen LogP contribution >= 0.6 is 15.9 Å². The first-order valence-electron chi connectivity index (χ1n) is 7.78. The van der Waals surface area contributed by atoms with Crippen LogP contribution in [0.5, 0.6) is 0 Å². The molecule has 0 bridgehead atoms. The molecule has 138 valence electrons. The number of carbonyl (C=O) groups is 1. The summed E-state index contributed by atoms with van der Waals surface area (Å²) < 4.78 is 50.4. The Bertz CT molecular complexity index is 996. The number of amides is 1. The second-order valence-electron chi connectivity index (χ2n) is 6.07. The van der Waals surface area contributed by atoms with Crippen LogP contribution in [0.1, 0.15) is 40.4 Å². The molecule has 0 heterocycles. The highest BCUT2D eigenvalue weighted by Gasteiger charge is 2.26. The van der Waals surface area contributed by atoms with Crippen LogP contribution in [0.15, 0.2) is 39.7 Å². The molecule has 9 heteroatoms. The van der Waals surface area contributed by atoms with E-state index in [1.54, 1.807) is 6.07 Å². The van der Waals surface area contributed by atoms with Crippen LogP contribution < -0.4 is 10.5 Å². The summed E-state index contributed by atoms with van der Waals surface area (Å²) in [5, 5.41) is 7.79. The van der Waals surface area contributed by atoms with Crippen LogP contribution in [0.25, 0.3) is 0 Å². The average Bonchev–Trinajstić information content (AvgIpc) is 2.56. The zero-order valence-electron chi connectivity index (χ0n) is 13.4. The molecule has 0 unspecified atom stereocenters. The van der Waals surface area contributed by atoms with Crippen LogP contribution in [0.3, 0.4) is 0 Å². The number of halogens is 3. The van der Waals surface area contributed by atoms with Gasteiger partial charge in [0.05, 0.1) is 21.0 Å². The largest absolute Gasteiger partial charge is 0.345 e. The molecule has 0 spiro atoms. The third-order valence-corrected chi connectivity index (χ3v) is 6.33. The van der Waals surface area contributed by atoms with Gasteiger partial charge in [-0.25, -0.2) is 22.3 Å². The summed E-state index contributed by atoms with van der Waals surface area (Å²) >= 11 is 3.01. The summed E-state index contributed by atoms with van der Waals surface area (Å²) in [5.74, 6) is -1.99. The van der Waals surface area contributed by atoms with Crippen LogP contribution in [0.4, 0.5) is 8.78 Å². The van der Waals surface area contributed by atoms with Crippen molar-refractivity contribution in [2.45, 2.75) is 30.2 Å². The predicted octanol–water partition coefficient (Wildman–Crippen LogP) is 3.18. The van der Waals surface area contributed by atoms with Crippen molar-refractivity contribution in [3.8, 4) is 0 Å². The van der Waals surface area contributed by atoms with E-state index >= 15 is 0 Å². The highest BCUT2D eigenvalue weighted by Crippen LogP contribution is 2.32. The molecule has 3 N–H and O–H groups in total. The molecule has 2 aromatic rings. The van der Waals surface area contributed by atoms with Crippen molar-refractivity contribution in [2.75, 3.05) is 0 Å². The molecule has 3 rings (SSSR count). The van der Waals surface area contributed by atoms with Gasteiger partial charge in [0.15, 0.2) is 0 Å². The van der Waals surface area contributed by atoms with Gasteiger partial charge in [-0.2, -0.15) is 0 Å². The number of primary sulfonamides is 1. The maximum Gasteiger partial charge on any atom is 0.253 e. The first-order chi connectivity index (χ1) is 12.2. The summed E-state index contributed by atoms with van der Waals surface area (Å²) in [4.78, 5) is 12.1. The number of sulfonamides is 1. The maximum atomic E-state index is 13.8. The van der Waals surface area contributed by atoms with Gasteiger partial charge >= 0.3 is 0 Å². The smallest absolute Gasteiger partial charge is 0.253 e. The van der Waals surface area contributed by atoms with Gasteiger partial charge in [-0.3, -0.25) is 4.79 Å². The van der Waals surface area contributed by atoms with E-state index in [1.807, 2.05) is 0 Å². The zero-order valence-corrected chi connectivity index (χ0v) is 15.8. The normalized spacial score (nSPS) is 16.8. The molecular formula is C17H15BrF2N2O3S. The van der Waals surface area contributed by atoms with Gasteiger partial charge in [0, 0.05) is 0 Å². The summed E-state index contributed by atoms with van der Waals surface area (Å²) in [6, 6.07) is 5.63. The monoisotopic (exact) mass is 444 g/mol. The van der Waals surface area contributed by atoms with E-state index in [0.717, 1.165) is 30.5 Å². The minimum atomic E-state index is -4.22. The van der Waals surface area contributed by atoms with Crippen molar-refractivity contribution in [2.24, 2.45) is 5.14 Å². The van der Waals surface area contributed by atoms with Crippen LogP contribution in [0.2, 0.25) is 0 Å². The van der Waals surface area contributed by atoms with Crippen molar-refractivity contribution in [3.05, 3.63) is 63.1 Å². The van der Waals surface area contributed by atoms with Gasteiger partial charge in [0.2, 0.25) is 10.0 Å². The van der Waals surface area contributed by atoms with E-state index in [4.69, 9.17) is 5.14 Å². The SMILES string of the molecule is NS(=O)(=O)c1cc(F)cc(C(=O)N[C@H]2CCCc3ccc(F)cc32)c1Br. The van der Waals surface area contributed by atoms with Gasteiger partial charge in [-0.15, -0.1) is 0 Å². The summed E-state index contributed by atoms with van der Waals surface area (Å²) in [7, 11) is -4.22. The molecular weight excluding hydrogens is 430 g/mol. The first-order valence-corrected chi connectivity index (χ1v) is 10.1. The van der Waals surface area contributed by atoms with Crippen LogP contribution in [-0.4, -0.2) is 14.3 Å². The highest BCUT2D eigenvalue weighted by atomic mass is 79.9. The summed E-state index contributed by atoms with van der Waals surface area (Å²) in [5.41, 5.74) is 1.41. The fraction of sp³-hybridized carbons (Fsp3) is 0.235. The number of hydrogen-bond acceptors (Lipinski definition) is 3. The van der Waals surface area contributed by atoms with Crippen LogP contribution in [-0.2, 0) is 16.4 Å². The molecule has 0 aliphatic heterocycles. The fourth-order valence-electron chi connectivity index (χ4n) is 3.09. The van der Waals surface area contributed by atoms with E-state index in [9.17, 15) is 22.0 Å². The molecule has 1 aliphatic carbocycles. The molecule has 0 saturated carbocycles. The van der Waals surface area contributed by atoms with E-state index in [-0.39, 0.29) is 10.0 Å². The Morgan fingerprint density at radius 1 is 1.19 bits per heavy atom. The van der Waals surface area contributed by atoms with Gasteiger partial charge in [-0.1, -0.05) is 6.07 Å².